The van der Waals surface area contributed by atoms with E-state index in [1.165, 1.54) is 36.0 Å². The summed E-state index contributed by atoms with van der Waals surface area (Å²) in [6, 6.07) is 9.16. The maximum absolute atomic E-state index is 3.45. The quantitative estimate of drug-likeness (QED) is 0.669. The number of halogens is 1. The molecule has 0 radical (unpaired) electrons. The van der Waals surface area contributed by atoms with Gasteiger partial charge < -0.3 is 0 Å². The molecule has 1 aliphatic carbocycles. The highest BCUT2D eigenvalue weighted by molar-refractivity contribution is 9.09. The molecule has 0 spiro atoms. The lowest BCUT2D eigenvalue weighted by Gasteiger charge is -2.25. The summed E-state index contributed by atoms with van der Waals surface area (Å²) in [6.45, 7) is 2.20. The van der Waals surface area contributed by atoms with Crippen molar-refractivity contribution in [1.29, 1.82) is 0 Å². The first-order valence-corrected chi connectivity index (χ1v) is 7.26. The van der Waals surface area contributed by atoms with Crippen LogP contribution in [0.5, 0.6) is 0 Å². The Balaban J connectivity index is 2.06. The molecular weight excluding hydrogens is 260 g/mol. The molecule has 0 saturated heterocycles. The Labute approximate surface area is 107 Å². The minimum atomic E-state index is 0.848. The Morgan fingerprint density at radius 3 is 2.50 bits per heavy atom. The molecule has 0 unspecified atom stereocenters. The molecule has 1 aromatic rings. The third-order valence-electron chi connectivity index (χ3n) is 3.50. The van der Waals surface area contributed by atoms with E-state index in [0.717, 1.165) is 17.7 Å². The molecule has 1 aromatic carbocycles. The van der Waals surface area contributed by atoms with Crippen LogP contribution in [0.25, 0.3) is 5.57 Å². The van der Waals surface area contributed by atoms with E-state index in [0.29, 0.717) is 0 Å². The summed E-state index contributed by atoms with van der Waals surface area (Å²) in [5, 5.41) is 1.05. The number of benzene rings is 1. The van der Waals surface area contributed by atoms with Gasteiger partial charge in [-0.15, -0.1) is 0 Å². The zero-order valence-electron chi connectivity index (χ0n) is 9.88. The highest BCUT2D eigenvalue weighted by atomic mass is 79.9. The Morgan fingerprint density at radius 1 is 1.31 bits per heavy atom. The smallest absolute Gasteiger partial charge is 0.00661 e. The number of alkyl halides is 1. The summed E-state index contributed by atoms with van der Waals surface area (Å²) in [6.07, 6.45) is 7.59. The van der Waals surface area contributed by atoms with Crippen molar-refractivity contribution in [3.63, 3.8) is 0 Å². The average Bonchev–Trinajstić information content (AvgIpc) is 2.24. The predicted octanol–water partition coefficient (Wildman–Crippen LogP) is 5.14. The summed E-state index contributed by atoms with van der Waals surface area (Å²) in [5.41, 5.74) is 4.28. The molecule has 0 amide bonds. The molecule has 0 bridgehead atoms. The molecule has 0 aliphatic heterocycles. The largest absolute Gasteiger partial charge is 0.0925 e. The third-order valence-corrected chi connectivity index (χ3v) is 3.96. The van der Waals surface area contributed by atoms with Gasteiger partial charge in [0.2, 0.25) is 0 Å². The van der Waals surface area contributed by atoms with Crippen LogP contribution in [0.4, 0.5) is 0 Å². The van der Waals surface area contributed by atoms with Crippen molar-refractivity contribution in [2.75, 3.05) is 5.33 Å². The van der Waals surface area contributed by atoms with E-state index < -0.39 is 0 Å². The van der Waals surface area contributed by atoms with Gasteiger partial charge >= 0.3 is 0 Å². The number of hydrogen-bond donors (Lipinski definition) is 0. The van der Waals surface area contributed by atoms with Crippen molar-refractivity contribution in [1.82, 2.24) is 0 Å². The second-order valence-corrected chi connectivity index (χ2v) is 5.41. The molecule has 0 atom stereocenters. The first-order valence-electron chi connectivity index (χ1n) is 6.14. The molecule has 16 heavy (non-hydrogen) atoms. The molecule has 1 saturated carbocycles. The number of allylic oxidation sites excluding steroid dienone is 2. The molecule has 2 rings (SSSR count). The molecule has 1 heteroatoms. The van der Waals surface area contributed by atoms with E-state index in [-0.39, 0.29) is 0 Å². The van der Waals surface area contributed by atoms with E-state index >= 15 is 0 Å². The van der Waals surface area contributed by atoms with Crippen molar-refractivity contribution in [3.8, 4) is 0 Å². The second-order valence-electron chi connectivity index (χ2n) is 4.61. The van der Waals surface area contributed by atoms with Gasteiger partial charge in [0.15, 0.2) is 0 Å². The number of rotatable bonds is 4. The lowest BCUT2D eigenvalue weighted by atomic mass is 9.80. The van der Waals surface area contributed by atoms with Crippen molar-refractivity contribution in [2.45, 2.75) is 38.5 Å². The second kappa shape index (κ2) is 5.67. The Morgan fingerprint density at radius 2 is 2.00 bits per heavy atom. The van der Waals surface area contributed by atoms with Crippen LogP contribution in [0, 0.1) is 0 Å². The molecular formula is C15H19Br. The summed E-state index contributed by atoms with van der Waals surface area (Å²) in [5.74, 6) is 0.848. The predicted molar refractivity (Wildman–Crippen MR) is 75.1 cm³/mol. The summed E-state index contributed by atoms with van der Waals surface area (Å²) in [4.78, 5) is 0. The average molecular weight is 279 g/mol. The normalized spacial score (nSPS) is 17.2. The van der Waals surface area contributed by atoms with Crippen LogP contribution in [0.1, 0.15) is 49.7 Å². The Bertz CT molecular complexity index is 358. The van der Waals surface area contributed by atoms with Gasteiger partial charge in [0.05, 0.1) is 0 Å². The third kappa shape index (κ3) is 2.76. The summed E-state index contributed by atoms with van der Waals surface area (Å²) >= 11 is 3.45. The highest BCUT2D eigenvalue weighted by Gasteiger charge is 2.18. The number of hydrogen-bond acceptors (Lipinski definition) is 0. The lowest BCUT2D eigenvalue weighted by molar-refractivity contribution is 0.420. The maximum Gasteiger partial charge on any atom is 0.00661 e. The zero-order valence-corrected chi connectivity index (χ0v) is 11.5. The van der Waals surface area contributed by atoms with Crippen molar-refractivity contribution in [3.05, 3.63) is 41.5 Å². The molecule has 1 fully saturated rings. The first-order chi connectivity index (χ1) is 7.81. The van der Waals surface area contributed by atoms with E-state index in [1.807, 2.05) is 0 Å². The molecule has 86 valence electrons. The minimum Gasteiger partial charge on any atom is -0.0925 e. The van der Waals surface area contributed by atoms with Crippen LogP contribution in [0.3, 0.4) is 0 Å². The van der Waals surface area contributed by atoms with Crippen molar-refractivity contribution in [2.24, 2.45) is 0 Å². The summed E-state index contributed by atoms with van der Waals surface area (Å²) in [7, 11) is 0. The van der Waals surface area contributed by atoms with Gasteiger partial charge in [0.25, 0.3) is 0 Å². The first kappa shape index (κ1) is 11.9. The topological polar surface area (TPSA) is 0 Å². The highest BCUT2D eigenvalue weighted by Crippen LogP contribution is 2.36. The van der Waals surface area contributed by atoms with Crippen LogP contribution in [-0.2, 0) is 0 Å². The molecule has 0 heterocycles. The van der Waals surface area contributed by atoms with Gasteiger partial charge in [-0.3, -0.25) is 0 Å². The monoisotopic (exact) mass is 278 g/mol. The van der Waals surface area contributed by atoms with Crippen LogP contribution in [0.2, 0.25) is 0 Å². The van der Waals surface area contributed by atoms with Crippen molar-refractivity contribution < 1.29 is 0 Å². The van der Waals surface area contributed by atoms with Gasteiger partial charge in [0.1, 0.15) is 0 Å². The SMILES string of the molecule is C/C(=C/CCBr)c1ccc(C2CCC2)cc1. The fraction of sp³-hybridized carbons (Fsp3) is 0.467. The van der Waals surface area contributed by atoms with E-state index in [2.05, 4.69) is 53.2 Å². The van der Waals surface area contributed by atoms with Gasteiger partial charge in [-0.2, -0.15) is 0 Å². The molecule has 0 nitrogen and oxygen atoms in total. The maximum atomic E-state index is 3.45. The van der Waals surface area contributed by atoms with Gasteiger partial charge in [-0.25, -0.2) is 0 Å². The van der Waals surface area contributed by atoms with Crippen LogP contribution >= 0.6 is 15.9 Å². The van der Waals surface area contributed by atoms with Gasteiger partial charge in [-0.05, 0) is 48.8 Å². The van der Waals surface area contributed by atoms with Crippen LogP contribution in [-0.4, -0.2) is 5.33 Å². The zero-order chi connectivity index (χ0) is 11.4. The minimum absolute atomic E-state index is 0.848. The standard InChI is InChI=1S/C15H19Br/c1-12(4-3-11-16)13-7-9-15(10-8-13)14-5-2-6-14/h4,7-10,14H,2-3,5-6,11H2,1H3/b12-4-. The van der Waals surface area contributed by atoms with Gasteiger partial charge in [0, 0.05) is 5.33 Å². The van der Waals surface area contributed by atoms with E-state index in [4.69, 9.17) is 0 Å². The van der Waals surface area contributed by atoms with E-state index in [1.54, 1.807) is 0 Å². The Kier molecular flexibility index (Phi) is 4.22. The fourth-order valence-electron chi connectivity index (χ4n) is 2.15. The van der Waals surface area contributed by atoms with Crippen molar-refractivity contribution >= 4 is 21.5 Å². The van der Waals surface area contributed by atoms with Crippen LogP contribution in [0.15, 0.2) is 30.3 Å². The lowest BCUT2D eigenvalue weighted by Crippen LogP contribution is -2.08. The molecule has 0 N–H and O–H groups in total. The van der Waals surface area contributed by atoms with Gasteiger partial charge in [-0.1, -0.05) is 52.7 Å². The van der Waals surface area contributed by atoms with Crippen LogP contribution < -0.4 is 0 Å². The Hall–Kier alpha value is -0.560. The fourth-order valence-corrected chi connectivity index (χ4v) is 2.38. The molecule has 0 aromatic heterocycles. The van der Waals surface area contributed by atoms with E-state index in [9.17, 15) is 0 Å². The summed E-state index contributed by atoms with van der Waals surface area (Å²) < 4.78 is 0. The molecule has 1 aliphatic rings.